The molecule has 2 unspecified atom stereocenters. The predicted molar refractivity (Wildman–Crippen MR) is 97.9 cm³/mol. The Labute approximate surface area is 150 Å². The van der Waals surface area contributed by atoms with Crippen molar-refractivity contribution in [2.24, 2.45) is 5.92 Å². The zero-order valence-electron chi connectivity index (χ0n) is 15.5. The van der Waals surface area contributed by atoms with Crippen LogP contribution in [-0.4, -0.2) is 41.9 Å². The molecule has 1 aliphatic rings. The van der Waals surface area contributed by atoms with E-state index >= 15 is 0 Å². The van der Waals surface area contributed by atoms with Crippen molar-refractivity contribution in [1.29, 1.82) is 0 Å². The molecular weight excluding hydrogens is 316 g/mol. The van der Waals surface area contributed by atoms with Gasteiger partial charge in [-0.2, -0.15) is 0 Å². The number of amides is 1. The lowest BCUT2D eigenvalue weighted by Gasteiger charge is -2.32. The van der Waals surface area contributed by atoms with Crippen LogP contribution in [0.25, 0.3) is 0 Å². The predicted octanol–water partition coefficient (Wildman–Crippen LogP) is 2.75. The average molecular weight is 346 g/mol. The molecule has 138 valence electrons. The first-order valence-corrected chi connectivity index (χ1v) is 9.27. The molecule has 1 saturated heterocycles. The molecule has 0 spiro atoms. The number of rotatable bonds is 8. The molecule has 1 aromatic rings. The van der Waals surface area contributed by atoms with Crippen molar-refractivity contribution in [1.82, 2.24) is 10.2 Å². The van der Waals surface area contributed by atoms with Crippen LogP contribution < -0.4 is 5.32 Å². The Morgan fingerprint density at radius 2 is 2.00 bits per heavy atom. The van der Waals surface area contributed by atoms with Gasteiger partial charge >= 0.3 is 5.97 Å². The van der Waals surface area contributed by atoms with Crippen LogP contribution in [0.1, 0.15) is 45.6 Å². The Balaban J connectivity index is 2.06. The Bertz CT molecular complexity index is 553. The van der Waals surface area contributed by atoms with Gasteiger partial charge in [0.05, 0.1) is 6.04 Å². The fraction of sp³-hybridized carbons (Fsp3) is 0.600. The number of likely N-dealkylation sites (N-methyl/N-ethyl adjacent to an activating group) is 1. The SMILES string of the molecule is CCN(C(=O)C1CCCN1)C(CC(C)C)C(=O)OCc1ccccc1. The zero-order chi connectivity index (χ0) is 18.2. The maximum absolute atomic E-state index is 12.8. The summed E-state index contributed by atoms with van der Waals surface area (Å²) in [7, 11) is 0. The molecule has 1 aliphatic heterocycles. The van der Waals surface area contributed by atoms with Crippen LogP contribution in [-0.2, 0) is 20.9 Å². The fourth-order valence-electron chi connectivity index (χ4n) is 3.25. The number of nitrogens with one attached hydrogen (secondary N) is 1. The summed E-state index contributed by atoms with van der Waals surface area (Å²) in [6.07, 6.45) is 2.45. The maximum Gasteiger partial charge on any atom is 0.329 e. The van der Waals surface area contributed by atoms with E-state index in [1.807, 2.05) is 37.3 Å². The van der Waals surface area contributed by atoms with Crippen molar-refractivity contribution < 1.29 is 14.3 Å². The van der Waals surface area contributed by atoms with Crippen LogP contribution in [0.3, 0.4) is 0 Å². The molecule has 5 heteroatoms. The Hall–Kier alpha value is -1.88. The summed E-state index contributed by atoms with van der Waals surface area (Å²) in [6, 6.07) is 8.93. The molecule has 5 nitrogen and oxygen atoms in total. The minimum absolute atomic E-state index is 0.0160. The lowest BCUT2D eigenvalue weighted by Crippen LogP contribution is -2.52. The Morgan fingerprint density at radius 3 is 2.56 bits per heavy atom. The first kappa shape index (κ1) is 19.4. The molecule has 1 amide bonds. The molecule has 2 atom stereocenters. The highest BCUT2D eigenvalue weighted by Crippen LogP contribution is 2.18. The van der Waals surface area contributed by atoms with Gasteiger partial charge in [-0.3, -0.25) is 4.79 Å². The number of benzene rings is 1. The highest BCUT2D eigenvalue weighted by Gasteiger charge is 2.35. The molecular formula is C20H30N2O3. The molecule has 1 fully saturated rings. The molecule has 0 radical (unpaired) electrons. The van der Waals surface area contributed by atoms with Crippen molar-refractivity contribution in [3.8, 4) is 0 Å². The van der Waals surface area contributed by atoms with Gasteiger partial charge < -0.3 is 15.0 Å². The smallest absolute Gasteiger partial charge is 0.329 e. The molecule has 0 aliphatic carbocycles. The van der Waals surface area contributed by atoms with Crippen molar-refractivity contribution >= 4 is 11.9 Å². The number of nitrogens with zero attached hydrogens (tertiary/aromatic N) is 1. The monoisotopic (exact) mass is 346 g/mol. The number of ether oxygens (including phenoxy) is 1. The van der Waals surface area contributed by atoms with Crippen molar-refractivity contribution in [2.45, 2.75) is 58.7 Å². The fourth-order valence-corrected chi connectivity index (χ4v) is 3.25. The molecule has 0 bridgehead atoms. The summed E-state index contributed by atoms with van der Waals surface area (Å²) in [5, 5.41) is 3.23. The summed E-state index contributed by atoms with van der Waals surface area (Å²) in [4.78, 5) is 27.3. The second kappa shape index (κ2) is 9.56. The molecule has 2 rings (SSSR count). The van der Waals surface area contributed by atoms with Gasteiger partial charge in [0.15, 0.2) is 0 Å². The van der Waals surface area contributed by atoms with E-state index in [-0.39, 0.29) is 24.5 Å². The average Bonchev–Trinajstić information content (AvgIpc) is 3.14. The highest BCUT2D eigenvalue weighted by molar-refractivity contribution is 5.87. The largest absolute Gasteiger partial charge is 0.459 e. The van der Waals surface area contributed by atoms with E-state index in [1.54, 1.807) is 4.90 Å². The normalized spacial score (nSPS) is 18.2. The van der Waals surface area contributed by atoms with E-state index in [1.165, 1.54) is 0 Å². The quantitative estimate of drug-likeness (QED) is 0.736. The lowest BCUT2D eigenvalue weighted by molar-refractivity contribution is -0.157. The summed E-state index contributed by atoms with van der Waals surface area (Å²) < 4.78 is 5.53. The zero-order valence-corrected chi connectivity index (χ0v) is 15.5. The van der Waals surface area contributed by atoms with Crippen LogP contribution in [0.2, 0.25) is 0 Å². The minimum atomic E-state index is -0.524. The van der Waals surface area contributed by atoms with E-state index in [0.717, 1.165) is 24.9 Å². The molecule has 1 N–H and O–H groups in total. The third kappa shape index (κ3) is 5.56. The second-order valence-electron chi connectivity index (χ2n) is 7.01. The molecule has 1 aromatic carbocycles. The highest BCUT2D eigenvalue weighted by atomic mass is 16.5. The van der Waals surface area contributed by atoms with E-state index in [9.17, 15) is 9.59 Å². The van der Waals surface area contributed by atoms with Crippen LogP contribution in [0, 0.1) is 5.92 Å². The van der Waals surface area contributed by atoms with Gasteiger partial charge in [0.1, 0.15) is 12.6 Å². The number of hydrogen-bond donors (Lipinski definition) is 1. The standard InChI is InChI=1S/C20H30N2O3/c1-4-22(19(23)17-11-8-12-21-17)18(13-15(2)3)20(24)25-14-16-9-6-5-7-10-16/h5-7,9-10,15,17-18,21H,4,8,11-14H2,1-3H3. The molecule has 25 heavy (non-hydrogen) atoms. The lowest BCUT2D eigenvalue weighted by atomic mass is 10.0. The number of carbonyl (C=O) groups excluding carboxylic acids is 2. The Morgan fingerprint density at radius 1 is 1.28 bits per heavy atom. The third-order valence-electron chi connectivity index (χ3n) is 4.55. The van der Waals surface area contributed by atoms with Gasteiger partial charge in [-0.1, -0.05) is 44.2 Å². The maximum atomic E-state index is 12.8. The van der Waals surface area contributed by atoms with Crippen LogP contribution in [0.4, 0.5) is 0 Å². The van der Waals surface area contributed by atoms with Crippen molar-refractivity contribution in [3.05, 3.63) is 35.9 Å². The van der Waals surface area contributed by atoms with Gasteiger partial charge in [-0.25, -0.2) is 4.79 Å². The molecule has 0 saturated carbocycles. The second-order valence-corrected chi connectivity index (χ2v) is 7.01. The van der Waals surface area contributed by atoms with Crippen LogP contribution >= 0.6 is 0 Å². The first-order valence-electron chi connectivity index (χ1n) is 9.27. The van der Waals surface area contributed by atoms with E-state index in [0.29, 0.717) is 18.9 Å². The topological polar surface area (TPSA) is 58.6 Å². The summed E-state index contributed by atoms with van der Waals surface area (Å²) >= 11 is 0. The molecule has 1 heterocycles. The number of carbonyl (C=O) groups is 2. The van der Waals surface area contributed by atoms with E-state index < -0.39 is 6.04 Å². The van der Waals surface area contributed by atoms with Gasteiger partial charge in [0.25, 0.3) is 0 Å². The van der Waals surface area contributed by atoms with Crippen molar-refractivity contribution in [3.63, 3.8) is 0 Å². The minimum Gasteiger partial charge on any atom is -0.459 e. The number of hydrogen-bond acceptors (Lipinski definition) is 4. The van der Waals surface area contributed by atoms with Crippen LogP contribution in [0.5, 0.6) is 0 Å². The van der Waals surface area contributed by atoms with Gasteiger partial charge in [0.2, 0.25) is 5.91 Å². The van der Waals surface area contributed by atoms with E-state index in [2.05, 4.69) is 19.2 Å². The van der Waals surface area contributed by atoms with Crippen LogP contribution in [0.15, 0.2) is 30.3 Å². The van der Waals surface area contributed by atoms with Gasteiger partial charge in [0, 0.05) is 6.54 Å². The summed E-state index contributed by atoms with van der Waals surface area (Å²) in [5.41, 5.74) is 0.950. The summed E-state index contributed by atoms with van der Waals surface area (Å²) in [5.74, 6) is 0.000670. The summed E-state index contributed by atoms with van der Waals surface area (Å²) in [6.45, 7) is 7.65. The van der Waals surface area contributed by atoms with Gasteiger partial charge in [-0.05, 0) is 44.2 Å². The van der Waals surface area contributed by atoms with E-state index in [4.69, 9.17) is 4.74 Å². The first-order chi connectivity index (χ1) is 12.0. The van der Waals surface area contributed by atoms with Crippen molar-refractivity contribution in [2.75, 3.05) is 13.1 Å². The third-order valence-corrected chi connectivity index (χ3v) is 4.55. The molecule has 0 aromatic heterocycles. The number of esters is 1. The van der Waals surface area contributed by atoms with Gasteiger partial charge in [-0.15, -0.1) is 0 Å². The Kier molecular flexibility index (Phi) is 7.44.